The summed E-state index contributed by atoms with van der Waals surface area (Å²) in [5, 5.41) is 11.6. The lowest BCUT2D eigenvalue weighted by Crippen LogP contribution is -2.33. The molecule has 0 bridgehead atoms. The zero-order chi connectivity index (χ0) is 13.4. The summed E-state index contributed by atoms with van der Waals surface area (Å²) in [6.07, 6.45) is 1.54. The molecule has 3 nitrogen and oxygen atoms in total. The Morgan fingerprint density at radius 1 is 1.61 bits per heavy atom. The second-order valence-electron chi connectivity index (χ2n) is 4.03. The number of aliphatic hydroxyl groups excluding tert-OH is 1. The first kappa shape index (κ1) is 15.8. The van der Waals surface area contributed by atoms with Gasteiger partial charge in [-0.25, -0.2) is 0 Å². The lowest BCUT2D eigenvalue weighted by molar-refractivity contribution is -0.119. The summed E-state index contributed by atoms with van der Waals surface area (Å²) in [6, 6.07) is 3.99. The monoisotopic (exact) mass is 307 g/mol. The van der Waals surface area contributed by atoms with Gasteiger partial charge in [0.05, 0.1) is 10.1 Å². The third kappa shape index (κ3) is 6.64. The predicted molar refractivity (Wildman–Crippen MR) is 79.4 cm³/mol. The number of halogens is 1. The van der Waals surface area contributed by atoms with Crippen molar-refractivity contribution in [3.8, 4) is 0 Å². The van der Waals surface area contributed by atoms with Gasteiger partial charge in [0.15, 0.2) is 0 Å². The third-order valence-corrected chi connectivity index (χ3v) is 4.70. The molecule has 1 unspecified atom stereocenters. The van der Waals surface area contributed by atoms with Crippen molar-refractivity contribution < 1.29 is 9.90 Å². The number of hydrogen-bond donors (Lipinski definition) is 2. The molecule has 102 valence electrons. The van der Waals surface area contributed by atoms with Gasteiger partial charge in [-0.05, 0) is 31.9 Å². The van der Waals surface area contributed by atoms with E-state index in [1.807, 2.05) is 19.1 Å². The van der Waals surface area contributed by atoms with Crippen LogP contribution in [0.2, 0.25) is 4.34 Å². The summed E-state index contributed by atoms with van der Waals surface area (Å²) in [4.78, 5) is 12.8. The molecule has 0 radical (unpaired) electrons. The predicted octanol–water partition coefficient (Wildman–Crippen LogP) is 2.91. The smallest absolute Gasteiger partial charge is 0.230 e. The molecule has 1 heterocycles. The Morgan fingerprint density at radius 3 is 3.00 bits per heavy atom. The summed E-state index contributed by atoms with van der Waals surface area (Å²) in [5.41, 5.74) is 0. The SMILES string of the molecule is CC(CCCO)NC(=O)CSCc1ccc(Cl)s1. The summed E-state index contributed by atoms with van der Waals surface area (Å²) >= 11 is 8.96. The standard InChI is InChI=1S/C12H18ClNO2S2/c1-9(3-2-6-15)14-12(16)8-17-7-10-4-5-11(13)18-10/h4-5,9,15H,2-3,6-8H2,1H3,(H,14,16). The average Bonchev–Trinajstić information content (AvgIpc) is 2.72. The van der Waals surface area contributed by atoms with Crippen LogP contribution in [0.15, 0.2) is 12.1 Å². The van der Waals surface area contributed by atoms with Crippen molar-refractivity contribution >= 4 is 40.6 Å². The number of thioether (sulfide) groups is 1. The molecule has 2 N–H and O–H groups in total. The van der Waals surface area contributed by atoms with E-state index in [1.54, 1.807) is 23.1 Å². The maximum atomic E-state index is 11.6. The number of nitrogens with one attached hydrogen (secondary N) is 1. The van der Waals surface area contributed by atoms with Gasteiger partial charge >= 0.3 is 0 Å². The maximum Gasteiger partial charge on any atom is 0.230 e. The number of amides is 1. The molecule has 1 aromatic rings. The van der Waals surface area contributed by atoms with Crippen molar-refractivity contribution in [2.45, 2.75) is 31.6 Å². The molecule has 18 heavy (non-hydrogen) atoms. The first-order chi connectivity index (χ1) is 8.61. The van der Waals surface area contributed by atoms with Gasteiger partial charge in [-0.2, -0.15) is 0 Å². The first-order valence-electron chi connectivity index (χ1n) is 5.84. The van der Waals surface area contributed by atoms with E-state index in [0.717, 1.165) is 22.9 Å². The van der Waals surface area contributed by atoms with Crippen LogP contribution in [0.1, 0.15) is 24.6 Å². The topological polar surface area (TPSA) is 49.3 Å². The van der Waals surface area contributed by atoms with E-state index in [9.17, 15) is 4.79 Å². The van der Waals surface area contributed by atoms with E-state index >= 15 is 0 Å². The molecule has 0 aliphatic rings. The molecule has 1 amide bonds. The van der Waals surface area contributed by atoms with Gasteiger partial charge < -0.3 is 10.4 Å². The summed E-state index contributed by atoms with van der Waals surface area (Å²) < 4.78 is 0.785. The Morgan fingerprint density at radius 2 is 2.39 bits per heavy atom. The Bertz CT molecular complexity index is 371. The van der Waals surface area contributed by atoms with Crippen molar-refractivity contribution in [2.75, 3.05) is 12.4 Å². The lowest BCUT2D eigenvalue weighted by atomic mass is 10.2. The van der Waals surface area contributed by atoms with Crippen LogP contribution < -0.4 is 5.32 Å². The van der Waals surface area contributed by atoms with Gasteiger partial charge in [-0.1, -0.05) is 11.6 Å². The van der Waals surface area contributed by atoms with E-state index in [-0.39, 0.29) is 18.6 Å². The number of rotatable bonds is 8. The fourth-order valence-electron chi connectivity index (χ4n) is 1.46. The van der Waals surface area contributed by atoms with Gasteiger partial charge in [0.25, 0.3) is 0 Å². The normalized spacial score (nSPS) is 12.4. The minimum absolute atomic E-state index is 0.0492. The minimum Gasteiger partial charge on any atom is -0.396 e. The largest absolute Gasteiger partial charge is 0.396 e. The molecule has 0 saturated heterocycles. The zero-order valence-corrected chi connectivity index (χ0v) is 12.7. The molecular formula is C12H18ClNO2S2. The quantitative estimate of drug-likeness (QED) is 0.776. The fourth-order valence-corrected chi connectivity index (χ4v) is 3.50. The Kier molecular flexibility index (Phi) is 7.74. The van der Waals surface area contributed by atoms with Gasteiger partial charge in [-0.3, -0.25) is 4.79 Å². The molecule has 6 heteroatoms. The highest BCUT2D eigenvalue weighted by Crippen LogP contribution is 2.24. The van der Waals surface area contributed by atoms with Crippen molar-refractivity contribution in [1.29, 1.82) is 0 Å². The Balaban J connectivity index is 2.13. The zero-order valence-electron chi connectivity index (χ0n) is 10.3. The van der Waals surface area contributed by atoms with E-state index in [1.165, 1.54) is 4.88 Å². The summed E-state index contributed by atoms with van der Waals surface area (Å²) in [6.45, 7) is 2.13. The van der Waals surface area contributed by atoms with Gasteiger partial charge in [0.1, 0.15) is 0 Å². The molecule has 1 atom stereocenters. The first-order valence-corrected chi connectivity index (χ1v) is 8.19. The molecule has 0 aliphatic carbocycles. The van der Waals surface area contributed by atoms with Crippen molar-refractivity contribution in [3.05, 3.63) is 21.3 Å². The number of aliphatic hydroxyl groups is 1. The van der Waals surface area contributed by atoms with E-state index in [0.29, 0.717) is 5.75 Å². The average molecular weight is 308 g/mol. The molecular weight excluding hydrogens is 290 g/mol. The number of carbonyl (C=O) groups is 1. The van der Waals surface area contributed by atoms with Gasteiger partial charge in [0, 0.05) is 23.3 Å². The molecule has 0 spiro atoms. The number of carbonyl (C=O) groups excluding carboxylic acids is 1. The van der Waals surface area contributed by atoms with Crippen LogP contribution in [0, 0.1) is 0 Å². The van der Waals surface area contributed by atoms with Crippen LogP contribution in [0.5, 0.6) is 0 Å². The second-order valence-corrected chi connectivity index (χ2v) is 6.82. The van der Waals surface area contributed by atoms with Crippen molar-refractivity contribution in [1.82, 2.24) is 5.32 Å². The van der Waals surface area contributed by atoms with Crippen LogP contribution >= 0.6 is 34.7 Å². The van der Waals surface area contributed by atoms with Gasteiger partial charge in [-0.15, -0.1) is 23.1 Å². The molecule has 0 fully saturated rings. The van der Waals surface area contributed by atoms with Crippen LogP contribution in [0.25, 0.3) is 0 Å². The van der Waals surface area contributed by atoms with Gasteiger partial charge in [0.2, 0.25) is 5.91 Å². The van der Waals surface area contributed by atoms with Crippen LogP contribution in [-0.2, 0) is 10.5 Å². The number of hydrogen-bond acceptors (Lipinski definition) is 4. The Hall–Kier alpha value is -0.230. The molecule has 0 aromatic carbocycles. The maximum absolute atomic E-state index is 11.6. The minimum atomic E-state index is 0.0492. The summed E-state index contributed by atoms with van der Waals surface area (Å²) in [7, 11) is 0. The number of thiophene rings is 1. The van der Waals surface area contributed by atoms with Crippen molar-refractivity contribution in [3.63, 3.8) is 0 Å². The van der Waals surface area contributed by atoms with E-state index in [4.69, 9.17) is 16.7 Å². The molecule has 0 saturated carbocycles. The molecule has 0 aliphatic heterocycles. The van der Waals surface area contributed by atoms with Crippen molar-refractivity contribution in [2.24, 2.45) is 0 Å². The molecule has 1 aromatic heterocycles. The molecule has 1 rings (SSSR count). The van der Waals surface area contributed by atoms with E-state index < -0.39 is 0 Å². The van der Waals surface area contributed by atoms with Crippen LogP contribution in [0.4, 0.5) is 0 Å². The highest BCUT2D eigenvalue weighted by molar-refractivity contribution is 7.99. The fraction of sp³-hybridized carbons (Fsp3) is 0.583. The highest BCUT2D eigenvalue weighted by atomic mass is 35.5. The second kappa shape index (κ2) is 8.80. The lowest BCUT2D eigenvalue weighted by Gasteiger charge is -2.12. The summed E-state index contributed by atoms with van der Waals surface area (Å²) in [5.74, 6) is 1.32. The third-order valence-electron chi connectivity index (χ3n) is 2.31. The van der Waals surface area contributed by atoms with E-state index in [2.05, 4.69) is 5.32 Å². The van der Waals surface area contributed by atoms with Crippen LogP contribution in [-0.4, -0.2) is 29.4 Å². The van der Waals surface area contributed by atoms with Crippen LogP contribution in [0.3, 0.4) is 0 Å². The Labute approximate surface area is 121 Å². The highest BCUT2D eigenvalue weighted by Gasteiger charge is 2.07.